The second-order valence-electron chi connectivity index (χ2n) is 10.1. The van der Waals surface area contributed by atoms with Crippen LogP contribution >= 0.6 is 10.3 Å². The molecule has 0 N–H and O–H groups in total. The summed E-state index contributed by atoms with van der Waals surface area (Å²) in [6.07, 6.45) is 0.890. The van der Waals surface area contributed by atoms with Crippen molar-refractivity contribution in [1.82, 2.24) is 0 Å². The molecule has 0 saturated carbocycles. The van der Waals surface area contributed by atoms with Crippen molar-refractivity contribution in [3.63, 3.8) is 0 Å². The van der Waals surface area contributed by atoms with Crippen LogP contribution in [-0.2, 0) is 20.2 Å². The molecule has 0 aromatic heterocycles. The van der Waals surface area contributed by atoms with Gasteiger partial charge in [-0.05, 0) is 91.7 Å². The highest BCUT2D eigenvalue weighted by Crippen LogP contribution is 2.70. The van der Waals surface area contributed by atoms with Gasteiger partial charge in [-0.25, -0.2) is 3.63 Å². The fraction of sp³-hybridized carbons (Fsp3) is 0.0556. The Bertz CT molecular complexity index is 2050. The summed E-state index contributed by atoms with van der Waals surface area (Å²) >= 11 is 0. The van der Waals surface area contributed by atoms with Gasteiger partial charge in [0.05, 0.1) is 0 Å². The van der Waals surface area contributed by atoms with Crippen molar-refractivity contribution >= 4 is 52.7 Å². The molecule has 0 fully saturated rings. The van der Waals surface area contributed by atoms with Gasteiger partial charge in [-0.3, -0.25) is 0 Å². The zero-order valence-electron chi connectivity index (χ0n) is 22.5. The SMILES string of the molecule is CCc1ccc(S(OS(=O)(=O)c2ccc3ccc4cccc5ccc2c3c45)(c2ccccc2)c2ccccc2)cc1. The van der Waals surface area contributed by atoms with Crippen LogP contribution in [0.4, 0.5) is 0 Å². The maximum absolute atomic E-state index is 14.6. The zero-order chi connectivity index (χ0) is 28.0. The van der Waals surface area contributed by atoms with E-state index in [2.05, 4.69) is 43.3 Å². The first-order chi connectivity index (χ1) is 20.0. The molecule has 0 aliphatic rings. The van der Waals surface area contributed by atoms with E-state index in [0.29, 0.717) is 5.39 Å². The van der Waals surface area contributed by atoms with Crippen LogP contribution in [0.15, 0.2) is 159 Å². The third-order valence-electron chi connectivity index (χ3n) is 7.76. The molecule has 0 saturated heterocycles. The lowest BCUT2D eigenvalue weighted by Gasteiger charge is -2.39. The topological polar surface area (TPSA) is 43.4 Å². The third-order valence-corrected chi connectivity index (χ3v) is 13.0. The molecule has 0 unspecified atom stereocenters. The van der Waals surface area contributed by atoms with Gasteiger partial charge in [0.25, 0.3) is 0 Å². The number of hydrogen-bond donors (Lipinski definition) is 0. The molecule has 41 heavy (non-hydrogen) atoms. The Morgan fingerprint density at radius 3 is 1.61 bits per heavy atom. The van der Waals surface area contributed by atoms with Crippen molar-refractivity contribution in [3.05, 3.63) is 145 Å². The van der Waals surface area contributed by atoms with E-state index in [1.807, 2.05) is 97.1 Å². The summed E-state index contributed by atoms with van der Waals surface area (Å²) in [5.74, 6) is 0. The van der Waals surface area contributed by atoms with Crippen molar-refractivity contribution in [1.29, 1.82) is 0 Å². The monoisotopic (exact) mass is 572 g/mol. The fourth-order valence-electron chi connectivity index (χ4n) is 5.76. The van der Waals surface area contributed by atoms with Crippen molar-refractivity contribution in [3.8, 4) is 0 Å². The molecule has 0 radical (unpaired) electrons. The molecule has 0 aliphatic heterocycles. The van der Waals surface area contributed by atoms with E-state index in [4.69, 9.17) is 3.63 Å². The molecule has 3 nitrogen and oxygen atoms in total. The molecule has 0 spiro atoms. The van der Waals surface area contributed by atoms with Gasteiger partial charge in [-0.1, -0.05) is 104 Å². The highest BCUT2D eigenvalue weighted by atomic mass is 32.3. The molecule has 0 amide bonds. The molecular formula is C36H28O3S2. The highest BCUT2D eigenvalue weighted by molar-refractivity contribution is 8.33. The molecule has 0 atom stereocenters. The van der Waals surface area contributed by atoms with Gasteiger partial charge in [0, 0.05) is 20.1 Å². The molecule has 7 rings (SSSR count). The summed E-state index contributed by atoms with van der Waals surface area (Å²) in [5, 5.41) is 5.85. The van der Waals surface area contributed by atoms with Gasteiger partial charge in [0.1, 0.15) is 4.90 Å². The van der Waals surface area contributed by atoms with Crippen LogP contribution in [0, 0.1) is 0 Å². The molecule has 5 heteroatoms. The number of aryl methyl sites for hydroxylation is 1. The van der Waals surface area contributed by atoms with Gasteiger partial charge in [0.2, 0.25) is 0 Å². The standard InChI is InChI=1S/C36H28O3S2/c1-2-26-16-22-32(23-17-26)40(30-12-5-3-6-13-30,31-14-7-4-8-15-31)39-41(37,38)34-25-21-29-19-18-27-10-9-11-28-20-24-33(34)36(29)35(27)28/h3-25H,2H2,1H3. The number of benzene rings is 7. The largest absolute Gasteiger partial charge is 0.307 e. The van der Waals surface area contributed by atoms with Crippen LogP contribution in [-0.4, -0.2) is 8.42 Å². The minimum atomic E-state index is -4.27. The molecular weight excluding hydrogens is 545 g/mol. The third kappa shape index (κ3) is 4.20. The highest BCUT2D eigenvalue weighted by Gasteiger charge is 2.39. The van der Waals surface area contributed by atoms with Gasteiger partial charge < -0.3 is 0 Å². The van der Waals surface area contributed by atoms with Crippen LogP contribution in [0.5, 0.6) is 0 Å². The van der Waals surface area contributed by atoms with E-state index in [-0.39, 0.29) is 4.90 Å². The van der Waals surface area contributed by atoms with Crippen LogP contribution in [0.1, 0.15) is 12.5 Å². The van der Waals surface area contributed by atoms with Gasteiger partial charge in [0.15, 0.2) is 0 Å². The van der Waals surface area contributed by atoms with E-state index in [9.17, 15) is 8.42 Å². The quantitative estimate of drug-likeness (QED) is 0.179. The molecule has 7 aromatic rings. The molecule has 0 bridgehead atoms. The fourth-order valence-corrected chi connectivity index (χ4v) is 11.2. The first-order valence-electron chi connectivity index (χ1n) is 13.7. The Morgan fingerprint density at radius 2 is 1.02 bits per heavy atom. The predicted octanol–water partition coefficient (Wildman–Crippen LogP) is 9.75. The van der Waals surface area contributed by atoms with E-state index >= 15 is 0 Å². The van der Waals surface area contributed by atoms with Crippen molar-refractivity contribution in [2.24, 2.45) is 0 Å². The number of rotatable bonds is 7. The molecule has 0 aliphatic carbocycles. The van der Waals surface area contributed by atoms with Crippen LogP contribution in [0.2, 0.25) is 0 Å². The second kappa shape index (κ2) is 10.0. The Morgan fingerprint density at radius 1 is 0.512 bits per heavy atom. The summed E-state index contributed by atoms with van der Waals surface area (Å²) in [4.78, 5) is 2.64. The Labute approximate surface area is 242 Å². The summed E-state index contributed by atoms with van der Waals surface area (Å²) in [7, 11) is -6.95. The van der Waals surface area contributed by atoms with Crippen molar-refractivity contribution in [2.45, 2.75) is 32.9 Å². The lowest BCUT2D eigenvalue weighted by Crippen LogP contribution is -2.15. The summed E-state index contributed by atoms with van der Waals surface area (Å²) in [6.45, 7) is 2.11. The van der Waals surface area contributed by atoms with Crippen LogP contribution < -0.4 is 0 Å². The first kappa shape index (κ1) is 25.8. The average Bonchev–Trinajstić information content (AvgIpc) is 3.03. The maximum Gasteiger partial charge on any atom is 0.307 e. The van der Waals surface area contributed by atoms with Gasteiger partial charge in [-0.15, -0.1) is 0 Å². The van der Waals surface area contributed by atoms with Crippen molar-refractivity contribution < 1.29 is 12.0 Å². The maximum atomic E-state index is 14.6. The van der Waals surface area contributed by atoms with E-state index in [0.717, 1.165) is 48.0 Å². The summed E-state index contributed by atoms with van der Waals surface area (Å²) in [5.41, 5.74) is 1.18. The Kier molecular flexibility index (Phi) is 6.31. The Balaban J connectivity index is 1.50. The average molecular weight is 573 g/mol. The summed E-state index contributed by atoms with van der Waals surface area (Å²) < 4.78 is 36.0. The minimum Gasteiger partial charge on any atom is -0.203 e. The van der Waals surface area contributed by atoms with E-state index in [1.165, 1.54) is 5.56 Å². The molecule has 7 aromatic carbocycles. The first-order valence-corrected chi connectivity index (χ1v) is 16.6. The predicted molar refractivity (Wildman–Crippen MR) is 170 cm³/mol. The minimum absolute atomic E-state index is 0.178. The van der Waals surface area contributed by atoms with Crippen LogP contribution in [0.25, 0.3) is 32.3 Å². The van der Waals surface area contributed by atoms with E-state index in [1.54, 1.807) is 6.07 Å². The van der Waals surface area contributed by atoms with Crippen molar-refractivity contribution in [2.75, 3.05) is 0 Å². The second-order valence-corrected chi connectivity index (χ2v) is 14.5. The smallest absolute Gasteiger partial charge is 0.203 e. The van der Waals surface area contributed by atoms with Gasteiger partial charge >= 0.3 is 10.1 Å². The van der Waals surface area contributed by atoms with Crippen LogP contribution in [0.3, 0.4) is 0 Å². The normalized spacial score (nSPS) is 12.8. The lowest BCUT2D eigenvalue weighted by molar-refractivity contribution is 0.509. The number of hydrogen-bond acceptors (Lipinski definition) is 3. The van der Waals surface area contributed by atoms with Gasteiger partial charge in [-0.2, -0.15) is 8.42 Å². The van der Waals surface area contributed by atoms with E-state index < -0.39 is 20.4 Å². The molecule has 202 valence electrons. The Hall–Kier alpha value is -4.16. The molecule has 0 heterocycles. The lowest BCUT2D eigenvalue weighted by atomic mass is 9.94. The summed E-state index contributed by atoms with van der Waals surface area (Å²) in [6, 6.07) is 45.5. The zero-order valence-corrected chi connectivity index (χ0v) is 24.2.